The first-order valence-corrected chi connectivity index (χ1v) is 7.46. The molecule has 1 aliphatic carbocycles. The molecule has 0 aliphatic heterocycles. The van der Waals surface area contributed by atoms with Crippen molar-refractivity contribution in [3.63, 3.8) is 0 Å². The average Bonchev–Trinajstić information content (AvgIpc) is 2.46. The molecule has 0 N–H and O–H groups in total. The third kappa shape index (κ3) is 3.16. The van der Waals surface area contributed by atoms with Gasteiger partial charge in [-0.2, -0.15) is 5.26 Å². The predicted molar refractivity (Wildman–Crippen MR) is 78.2 cm³/mol. The third-order valence-corrected chi connectivity index (χ3v) is 4.79. The number of hydrogen-bond donors (Lipinski definition) is 0. The summed E-state index contributed by atoms with van der Waals surface area (Å²) in [5.74, 6) is 0.0286. The second-order valence-electron chi connectivity index (χ2n) is 4.97. The first-order valence-electron chi connectivity index (χ1n) is 6.55. The Balaban J connectivity index is 2.11. The highest BCUT2D eigenvalue weighted by Crippen LogP contribution is 2.28. The summed E-state index contributed by atoms with van der Waals surface area (Å²) in [6, 6.07) is 9.15. The summed E-state index contributed by atoms with van der Waals surface area (Å²) in [6.45, 7) is 0. The van der Waals surface area contributed by atoms with Crippen LogP contribution >= 0.6 is 15.9 Å². The van der Waals surface area contributed by atoms with Crippen molar-refractivity contribution in [2.45, 2.75) is 36.6 Å². The minimum atomic E-state index is 0.0286. The zero-order valence-electron chi connectivity index (χ0n) is 11.0. The summed E-state index contributed by atoms with van der Waals surface area (Å²) in [4.78, 5) is 14.6. The van der Waals surface area contributed by atoms with Crippen molar-refractivity contribution < 1.29 is 4.79 Å². The van der Waals surface area contributed by atoms with Gasteiger partial charge in [0, 0.05) is 23.5 Å². The molecule has 2 rings (SSSR count). The van der Waals surface area contributed by atoms with Crippen LogP contribution in [0.15, 0.2) is 24.3 Å². The van der Waals surface area contributed by atoms with Gasteiger partial charge >= 0.3 is 0 Å². The smallest absolute Gasteiger partial charge is 0.253 e. The molecule has 0 heterocycles. The molecule has 1 saturated carbocycles. The van der Waals surface area contributed by atoms with E-state index < -0.39 is 0 Å². The van der Waals surface area contributed by atoms with Crippen LogP contribution in [0.25, 0.3) is 0 Å². The van der Waals surface area contributed by atoms with E-state index in [1.54, 1.807) is 24.3 Å². The van der Waals surface area contributed by atoms with E-state index in [4.69, 9.17) is 5.26 Å². The molecule has 1 amide bonds. The number of carbonyl (C=O) groups is 1. The van der Waals surface area contributed by atoms with Gasteiger partial charge in [-0.15, -0.1) is 0 Å². The first-order chi connectivity index (χ1) is 9.13. The minimum absolute atomic E-state index is 0.0286. The fourth-order valence-electron chi connectivity index (χ4n) is 2.54. The lowest BCUT2D eigenvalue weighted by Gasteiger charge is -2.35. The monoisotopic (exact) mass is 320 g/mol. The maximum atomic E-state index is 12.4. The first kappa shape index (κ1) is 14.1. The molecule has 3 nitrogen and oxygen atoms in total. The predicted octanol–water partition coefficient (Wildman–Crippen LogP) is 3.34. The lowest BCUT2D eigenvalue weighted by Crippen LogP contribution is -2.44. The second kappa shape index (κ2) is 6.21. The topological polar surface area (TPSA) is 44.1 Å². The Bertz CT molecular complexity index is 492. The number of nitrogens with zero attached hydrogens (tertiary/aromatic N) is 2. The van der Waals surface area contributed by atoms with Gasteiger partial charge in [-0.25, -0.2) is 0 Å². The number of amides is 1. The van der Waals surface area contributed by atoms with Gasteiger partial charge in [-0.1, -0.05) is 28.8 Å². The quantitative estimate of drug-likeness (QED) is 0.784. The van der Waals surface area contributed by atoms with Crippen molar-refractivity contribution in [3.05, 3.63) is 35.4 Å². The molecule has 19 heavy (non-hydrogen) atoms. The van der Waals surface area contributed by atoms with E-state index in [1.165, 1.54) is 12.8 Å². The Labute approximate surface area is 122 Å². The van der Waals surface area contributed by atoms with E-state index in [-0.39, 0.29) is 11.9 Å². The number of rotatable bonds is 2. The summed E-state index contributed by atoms with van der Waals surface area (Å²) in [5.41, 5.74) is 1.22. The second-order valence-corrected chi connectivity index (χ2v) is 6.15. The number of alkyl halides is 1. The van der Waals surface area contributed by atoms with Gasteiger partial charge in [-0.3, -0.25) is 4.79 Å². The van der Waals surface area contributed by atoms with Gasteiger partial charge in [-0.05, 0) is 37.1 Å². The van der Waals surface area contributed by atoms with E-state index in [0.29, 0.717) is 16.0 Å². The van der Waals surface area contributed by atoms with Crippen molar-refractivity contribution in [2.75, 3.05) is 7.05 Å². The number of halogens is 1. The molecule has 1 aromatic carbocycles. The molecular formula is C15H17BrN2O. The van der Waals surface area contributed by atoms with Crippen molar-refractivity contribution in [3.8, 4) is 6.07 Å². The van der Waals surface area contributed by atoms with E-state index >= 15 is 0 Å². The summed E-state index contributed by atoms with van der Waals surface area (Å²) in [5, 5.41) is 8.76. The SMILES string of the molecule is CN(C(=O)c1ccc(C#N)cc1)C1CCCCC1Br. The molecule has 100 valence electrons. The molecule has 2 atom stereocenters. The Hall–Kier alpha value is -1.34. The maximum Gasteiger partial charge on any atom is 0.253 e. The van der Waals surface area contributed by atoms with Crippen LogP contribution in [-0.2, 0) is 0 Å². The van der Waals surface area contributed by atoms with Gasteiger partial charge in [0.25, 0.3) is 5.91 Å². The molecule has 0 saturated heterocycles. The standard InChI is InChI=1S/C15H17BrN2O/c1-18(14-5-3-2-4-13(14)16)15(19)12-8-6-11(10-17)7-9-12/h6-9,13-14H,2-5H2,1H3. The summed E-state index contributed by atoms with van der Waals surface area (Å²) >= 11 is 3.68. The van der Waals surface area contributed by atoms with Gasteiger partial charge in [0.15, 0.2) is 0 Å². The van der Waals surface area contributed by atoms with Crippen LogP contribution in [0.5, 0.6) is 0 Å². The fourth-order valence-corrected chi connectivity index (χ4v) is 3.49. The highest BCUT2D eigenvalue weighted by atomic mass is 79.9. The van der Waals surface area contributed by atoms with E-state index in [9.17, 15) is 4.79 Å². The normalized spacial score (nSPS) is 22.6. The Morgan fingerprint density at radius 2 is 1.95 bits per heavy atom. The van der Waals surface area contributed by atoms with Crippen LogP contribution in [-0.4, -0.2) is 28.7 Å². The Morgan fingerprint density at radius 3 is 2.53 bits per heavy atom. The average molecular weight is 321 g/mol. The Morgan fingerprint density at radius 1 is 1.32 bits per heavy atom. The Kier molecular flexibility index (Phi) is 4.60. The molecular weight excluding hydrogens is 304 g/mol. The van der Waals surface area contributed by atoms with E-state index in [1.807, 2.05) is 11.9 Å². The highest BCUT2D eigenvalue weighted by Gasteiger charge is 2.29. The van der Waals surface area contributed by atoms with Crippen LogP contribution in [0.3, 0.4) is 0 Å². The molecule has 1 aromatic rings. The molecule has 1 fully saturated rings. The third-order valence-electron chi connectivity index (χ3n) is 3.73. The van der Waals surface area contributed by atoms with Crippen LogP contribution in [0.2, 0.25) is 0 Å². The maximum absolute atomic E-state index is 12.4. The van der Waals surface area contributed by atoms with Crippen LogP contribution in [0, 0.1) is 11.3 Å². The number of carbonyl (C=O) groups excluding carboxylic acids is 1. The van der Waals surface area contributed by atoms with Gasteiger partial charge in [0.2, 0.25) is 0 Å². The lowest BCUT2D eigenvalue weighted by molar-refractivity contribution is 0.0705. The minimum Gasteiger partial charge on any atom is -0.338 e. The highest BCUT2D eigenvalue weighted by molar-refractivity contribution is 9.09. The number of benzene rings is 1. The number of hydrogen-bond acceptors (Lipinski definition) is 2. The zero-order chi connectivity index (χ0) is 13.8. The van der Waals surface area contributed by atoms with Gasteiger partial charge in [0.05, 0.1) is 11.6 Å². The summed E-state index contributed by atoms with van der Waals surface area (Å²) in [6.07, 6.45) is 4.58. The molecule has 0 bridgehead atoms. The molecule has 0 radical (unpaired) electrons. The van der Waals surface area contributed by atoms with Crippen molar-refractivity contribution >= 4 is 21.8 Å². The van der Waals surface area contributed by atoms with E-state index in [2.05, 4.69) is 22.0 Å². The molecule has 0 spiro atoms. The van der Waals surface area contributed by atoms with Crippen LogP contribution in [0.4, 0.5) is 0 Å². The summed E-state index contributed by atoms with van der Waals surface area (Å²) in [7, 11) is 1.87. The molecule has 1 aliphatic rings. The molecule has 0 aromatic heterocycles. The lowest BCUT2D eigenvalue weighted by atomic mass is 9.94. The van der Waals surface area contributed by atoms with Gasteiger partial charge in [0.1, 0.15) is 0 Å². The largest absolute Gasteiger partial charge is 0.338 e. The van der Waals surface area contributed by atoms with Crippen LogP contribution in [0.1, 0.15) is 41.6 Å². The zero-order valence-corrected chi connectivity index (χ0v) is 12.6. The van der Waals surface area contributed by atoms with Gasteiger partial charge < -0.3 is 4.90 Å². The molecule has 2 unspecified atom stereocenters. The van der Waals surface area contributed by atoms with Crippen molar-refractivity contribution in [2.24, 2.45) is 0 Å². The van der Waals surface area contributed by atoms with E-state index in [0.717, 1.165) is 12.8 Å². The number of nitriles is 1. The summed E-state index contributed by atoms with van der Waals surface area (Å²) < 4.78 is 0. The van der Waals surface area contributed by atoms with Crippen LogP contribution < -0.4 is 0 Å². The van der Waals surface area contributed by atoms with Crippen molar-refractivity contribution in [1.82, 2.24) is 4.90 Å². The molecule has 4 heteroatoms. The van der Waals surface area contributed by atoms with Crippen molar-refractivity contribution in [1.29, 1.82) is 5.26 Å². The fraction of sp³-hybridized carbons (Fsp3) is 0.467.